The molecular formula is C14H23N3O3S. The second-order valence-electron chi connectivity index (χ2n) is 5.35. The molecule has 2 rings (SSSR count). The van der Waals surface area contributed by atoms with E-state index in [-0.39, 0.29) is 6.10 Å². The molecule has 0 bridgehead atoms. The molecule has 21 heavy (non-hydrogen) atoms. The Labute approximate surface area is 126 Å². The number of nitrogens with one attached hydrogen (secondary N) is 1. The van der Waals surface area contributed by atoms with Gasteiger partial charge < -0.3 is 4.74 Å². The van der Waals surface area contributed by atoms with Crippen molar-refractivity contribution in [2.24, 2.45) is 0 Å². The van der Waals surface area contributed by atoms with Gasteiger partial charge in [0, 0.05) is 40.3 Å². The number of benzene rings is 1. The molecule has 0 aromatic heterocycles. The lowest BCUT2D eigenvalue weighted by Gasteiger charge is -2.33. The fourth-order valence-corrected chi connectivity index (χ4v) is 2.87. The first-order valence-electron chi connectivity index (χ1n) is 7.02. The molecule has 118 valence electrons. The van der Waals surface area contributed by atoms with E-state index in [1.807, 2.05) is 18.2 Å². The van der Waals surface area contributed by atoms with Gasteiger partial charge in [0.25, 0.3) is 10.2 Å². The number of ether oxygens (including phenoxy) is 1. The van der Waals surface area contributed by atoms with Crippen LogP contribution >= 0.6 is 0 Å². The van der Waals surface area contributed by atoms with E-state index in [2.05, 4.69) is 21.8 Å². The Hall–Kier alpha value is -0.990. The summed E-state index contributed by atoms with van der Waals surface area (Å²) in [7, 11) is -0.378. The van der Waals surface area contributed by atoms with E-state index in [1.54, 1.807) is 0 Å². The zero-order valence-electron chi connectivity index (χ0n) is 12.5. The van der Waals surface area contributed by atoms with Gasteiger partial charge in [0.1, 0.15) is 0 Å². The van der Waals surface area contributed by atoms with Crippen LogP contribution in [0.1, 0.15) is 5.56 Å². The molecule has 1 aromatic rings. The second kappa shape index (κ2) is 7.33. The predicted octanol–water partition coefficient (Wildman–Crippen LogP) is 0.283. The Morgan fingerprint density at radius 1 is 1.33 bits per heavy atom. The lowest BCUT2D eigenvalue weighted by Crippen LogP contribution is -2.48. The van der Waals surface area contributed by atoms with Crippen LogP contribution < -0.4 is 4.72 Å². The van der Waals surface area contributed by atoms with Crippen LogP contribution in [-0.4, -0.2) is 64.1 Å². The van der Waals surface area contributed by atoms with Gasteiger partial charge in [-0.15, -0.1) is 0 Å². The molecule has 0 saturated carbocycles. The maximum Gasteiger partial charge on any atom is 0.279 e. The highest BCUT2D eigenvalue weighted by Gasteiger charge is 2.23. The van der Waals surface area contributed by atoms with Crippen molar-refractivity contribution in [1.82, 2.24) is 13.9 Å². The van der Waals surface area contributed by atoms with Crippen molar-refractivity contribution in [2.75, 3.05) is 40.3 Å². The minimum absolute atomic E-state index is 0.114. The van der Waals surface area contributed by atoms with Gasteiger partial charge in [-0.2, -0.15) is 17.4 Å². The summed E-state index contributed by atoms with van der Waals surface area (Å²) < 4.78 is 32.7. The summed E-state index contributed by atoms with van der Waals surface area (Å²) in [6.07, 6.45) is -0.114. The van der Waals surface area contributed by atoms with Crippen molar-refractivity contribution in [3.05, 3.63) is 35.9 Å². The molecule has 7 heteroatoms. The summed E-state index contributed by atoms with van der Waals surface area (Å²) in [4.78, 5) is 2.29. The summed E-state index contributed by atoms with van der Waals surface area (Å²) in [5.74, 6) is 0. The van der Waals surface area contributed by atoms with Gasteiger partial charge in [-0.1, -0.05) is 30.3 Å². The van der Waals surface area contributed by atoms with Crippen LogP contribution in [0.5, 0.6) is 0 Å². The molecule has 1 N–H and O–H groups in total. The summed E-state index contributed by atoms with van der Waals surface area (Å²) in [6.45, 7) is 3.38. The molecule has 0 radical (unpaired) electrons. The normalized spacial score (nSPS) is 20.8. The van der Waals surface area contributed by atoms with Crippen molar-refractivity contribution in [1.29, 1.82) is 0 Å². The lowest BCUT2D eigenvalue weighted by atomic mass is 10.2. The van der Waals surface area contributed by atoms with Crippen LogP contribution in [0.3, 0.4) is 0 Å². The van der Waals surface area contributed by atoms with Crippen molar-refractivity contribution >= 4 is 10.2 Å². The van der Waals surface area contributed by atoms with E-state index < -0.39 is 10.2 Å². The summed E-state index contributed by atoms with van der Waals surface area (Å²) in [5.41, 5.74) is 1.26. The largest absolute Gasteiger partial charge is 0.374 e. The molecule has 0 unspecified atom stereocenters. The standard InChI is InChI=1S/C14H23N3O3S/c1-16(2)21(18,19)15-10-14-12-17(8-9-20-14)11-13-6-4-3-5-7-13/h3-7,14-15H,8-12H2,1-2H3/t14-/m1/s1. The first-order valence-corrected chi connectivity index (χ1v) is 8.46. The second-order valence-corrected chi connectivity index (χ2v) is 7.32. The van der Waals surface area contributed by atoms with Crippen molar-refractivity contribution in [3.8, 4) is 0 Å². The molecule has 1 aliphatic heterocycles. The Morgan fingerprint density at radius 3 is 2.71 bits per heavy atom. The van der Waals surface area contributed by atoms with Crippen LogP contribution in [0.15, 0.2) is 30.3 Å². The molecule has 1 saturated heterocycles. The number of rotatable bonds is 6. The number of nitrogens with zero attached hydrogens (tertiary/aromatic N) is 2. The molecule has 0 amide bonds. The van der Waals surface area contributed by atoms with Crippen LogP contribution in [0.4, 0.5) is 0 Å². The topological polar surface area (TPSA) is 61.9 Å². The molecule has 1 aliphatic rings. The SMILES string of the molecule is CN(C)S(=O)(=O)NC[C@@H]1CN(Cc2ccccc2)CCO1. The van der Waals surface area contributed by atoms with Gasteiger partial charge in [-0.25, -0.2) is 0 Å². The average molecular weight is 313 g/mol. The first-order chi connectivity index (χ1) is 9.97. The summed E-state index contributed by atoms with van der Waals surface area (Å²) >= 11 is 0. The fourth-order valence-electron chi connectivity index (χ4n) is 2.22. The molecule has 0 spiro atoms. The van der Waals surface area contributed by atoms with Gasteiger partial charge in [0.15, 0.2) is 0 Å². The molecule has 1 aromatic carbocycles. The third kappa shape index (κ3) is 5.05. The summed E-state index contributed by atoms with van der Waals surface area (Å²) in [5, 5.41) is 0. The Kier molecular flexibility index (Phi) is 5.72. The third-order valence-corrected chi connectivity index (χ3v) is 4.94. The van der Waals surface area contributed by atoms with Crippen LogP contribution in [0, 0.1) is 0 Å². The fraction of sp³-hybridized carbons (Fsp3) is 0.571. The van der Waals surface area contributed by atoms with E-state index in [0.29, 0.717) is 13.2 Å². The van der Waals surface area contributed by atoms with Gasteiger partial charge in [0.05, 0.1) is 12.7 Å². The first kappa shape index (κ1) is 16.4. The van der Waals surface area contributed by atoms with Crippen molar-refractivity contribution in [3.63, 3.8) is 0 Å². The minimum Gasteiger partial charge on any atom is -0.374 e. The summed E-state index contributed by atoms with van der Waals surface area (Å²) in [6, 6.07) is 10.2. The highest BCUT2D eigenvalue weighted by Crippen LogP contribution is 2.10. The highest BCUT2D eigenvalue weighted by molar-refractivity contribution is 7.87. The molecule has 0 aliphatic carbocycles. The predicted molar refractivity (Wildman–Crippen MR) is 82.1 cm³/mol. The average Bonchev–Trinajstić information content (AvgIpc) is 2.47. The highest BCUT2D eigenvalue weighted by atomic mass is 32.2. The van der Waals surface area contributed by atoms with E-state index in [4.69, 9.17) is 4.74 Å². The third-order valence-electron chi connectivity index (χ3n) is 3.45. The zero-order chi connectivity index (χ0) is 15.3. The number of morpholine rings is 1. The molecular weight excluding hydrogens is 290 g/mol. The number of hydrogen-bond donors (Lipinski definition) is 1. The van der Waals surface area contributed by atoms with E-state index in [0.717, 1.165) is 23.9 Å². The van der Waals surface area contributed by atoms with Crippen LogP contribution in [-0.2, 0) is 21.5 Å². The van der Waals surface area contributed by atoms with Gasteiger partial charge in [-0.3, -0.25) is 4.90 Å². The molecule has 1 fully saturated rings. The Bertz CT molecular complexity index is 534. The molecule has 6 nitrogen and oxygen atoms in total. The van der Waals surface area contributed by atoms with Crippen molar-refractivity contribution < 1.29 is 13.2 Å². The van der Waals surface area contributed by atoms with Gasteiger partial charge >= 0.3 is 0 Å². The van der Waals surface area contributed by atoms with E-state index >= 15 is 0 Å². The molecule has 1 atom stereocenters. The van der Waals surface area contributed by atoms with Crippen LogP contribution in [0.25, 0.3) is 0 Å². The number of hydrogen-bond acceptors (Lipinski definition) is 4. The molecule has 1 heterocycles. The lowest BCUT2D eigenvalue weighted by molar-refractivity contribution is -0.0277. The van der Waals surface area contributed by atoms with Crippen LogP contribution in [0.2, 0.25) is 0 Å². The maximum absolute atomic E-state index is 11.7. The van der Waals surface area contributed by atoms with E-state index in [9.17, 15) is 8.42 Å². The Balaban J connectivity index is 1.84. The monoisotopic (exact) mass is 313 g/mol. The maximum atomic E-state index is 11.7. The Morgan fingerprint density at radius 2 is 2.05 bits per heavy atom. The van der Waals surface area contributed by atoms with E-state index in [1.165, 1.54) is 19.7 Å². The van der Waals surface area contributed by atoms with Crippen molar-refractivity contribution in [2.45, 2.75) is 12.6 Å². The minimum atomic E-state index is -3.39. The zero-order valence-corrected chi connectivity index (χ0v) is 13.3. The van der Waals surface area contributed by atoms with Gasteiger partial charge in [-0.05, 0) is 5.56 Å². The smallest absolute Gasteiger partial charge is 0.279 e. The quantitative estimate of drug-likeness (QED) is 0.820. The van der Waals surface area contributed by atoms with Gasteiger partial charge in [0.2, 0.25) is 0 Å².